The van der Waals surface area contributed by atoms with E-state index in [4.69, 9.17) is 10.5 Å². The van der Waals surface area contributed by atoms with Gasteiger partial charge in [-0.1, -0.05) is 12.1 Å². The summed E-state index contributed by atoms with van der Waals surface area (Å²) >= 11 is 0. The quantitative estimate of drug-likeness (QED) is 0.858. The maximum atomic E-state index is 12.1. The number of nitrogen functional groups attached to an aromatic ring is 1. The molecule has 0 bridgehead atoms. The van der Waals surface area contributed by atoms with E-state index in [-0.39, 0.29) is 11.5 Å². The molecule has 1 aliphatic heterocycles. The molecule has 0 spiro atoms. The second-order valence-corrected chi connectivity index (χ2v) is 4.57. The molecule has 8 heteroatoms. The van der Waals surface area contributed by atoms with Crippen molar-refractivity contribution in [3.05, 3.63) is 30.0 Å². The first-order valence-corrected chi connectivity index (χ1v) is 6.57. The Morgan fingerprint density at radius 2 is 2.00 bits per heavy atom. The third-order valence-electron chi connectivity index (χ3n) is 3.23. The number of nitrogens with zero attached hydrogens (tertiary/aromatic N) is 3. The van der Waals surface area contributed by atoms with Crippen molar-refractivity contribution in [2.75, 3.05) is 42.3 Å². The molecule has 1 aliphatic rings. The van der Waals surface area contributed by atoms with E-state index in [1.807, 2.05) is 24.3 Å². The monoisotopic (exact) mass is 289 g/mol. The first-order valence-electron chi connectivity index (χ1n) is 6.57. The summed E-state index contributed by atoms with van der Waals surface area (Å²) in [5.74, 6) is -0.481. The van der Waals surface area contributed by atoms with E-state index in [0.717, 1.165) is 18.8 Å². The molecular weight excluding hydrogens is 274 g/mol. The fourth-order valence-corrected chi connectivity index (χ4v) is 2.19. The van der Waals surface area contributed by atoms with E-state index < -0.39 is 5.91 Å². The van der Waals surface area contributed by atoms with Gasteiger partial charge in [0.05, 0.1) is 24.6 Å². The van der Waals surface area contributed by atoms with Crippen molar-refractivity contribution in [3.63, 3.8) is 0 Å². The Labute approximate surface area is 120 Å². The van der Waals surface area contributed by atoms with Crippen molar-refractivity contribution in [2.24, 2.45) is 0 Å². The summed E-state index contributed by atoms with van der Waals surface area (Å²) in [5.41, 5.74) is 7.12. The van der Waals surface area contributed by atoms with Crippen LogP contribution in [0.5, 0.6) is 0 Å². The van der Waals surface area contributed by atoms with E-state index in [9.17, 15) is 4.79 Å². The molecule has 1 fully saturated rings. The molecule has 0 unspecified atom stereocenters. The molecule has 1 amide bonds. The predicted molar refractivity (Wildman–Crippen MR) is 76.1 cm³/mol. The van der Waals surface area contributed by atoms with Gasteiger partial charge in [0.2, 0.25) is 11.5 Å². The molecule has 0 aliphatic carbocycles. The van der Waals surface area contributed by atoms with Gasteiger partial charge in [0.25, 0.3) is 5.91 Å². The van der Waals surface area contributed by atoms with Crippen LogP contribution in [0.2, 0.25) is 0 Å². The molecule has 110 valence electrons. The minimum atomic E-state index is -0.450. The number of anilines is 3. The molecule has 1 aromatic heterocycles. The van der Waals surface area contributed by atoms with Crippen molar-refractivity contribution in [3.8, 4) is 0 Å². The summed E-state index contributed by atoms with van der Waals surface area (Å²) in [4.78, 5) is 14.3. The second-order valence-electron chi connectivity index (χ2n) is 4.57. The van der Waals surface area contributed by atoms with Crippen molar-refractivity contribution < 1.29 is 14.2 Å². The number of carbonyl (C=O) groups excluding carboxylic acids is 1. The zero-order chi connectivity index (χ0) is 14.7. The van der Waals surface area contributed by atoms with E-state index in [2.05, 4.69) is 25.2 Å². The average Bonchev–Trinajstić information content (AvgIpc) is 2.95. The number of rotatable bonds is 3. The van der Waals surface area contributed by atoms with Gasteiger partial charge < -0.3 is 20.7 Å². The van der Waals surface area contributed by atoms with Gasteiger partial charge in [0.15, 0.2) is 0 Å². The molecular formula is C13H15N5O3. The fourth-order valence-electron chi connectivity index (χ4n) is 2.19. The maximum Gasteiger partial charge on any atom is 0.281 e. The number of carbonyl (C=O) groups is 1. The van der Waals surface area contributed by atoms with Crippen LogP contribution in [0.3, 0.4) is 0 Å². The van der Waals surface area contributed by atoms with Gasteiger partial charge in [0, 0.05) is 13.1 Å². The van der Waals surface area contributed by atoms with Crippen LogP contribution in [0.25, 0.3) is 0 Å². The average molecular weight is 289 g/mol. The predicted octanol–water partition coefficient (Wildman–Crippen LogP) is 0.741. The maximum absolute atomic E-state index is 12.1. The highest BCUT2D eigenvalue weighted by Crippen LogP contribution is 2.26. The molecule has 1 aromatic carbocycles. The number of benzene rings is 1. The van der Waals surface area contributed by atoms with Gasteiger partial charge in [-0.2, -0.15) is 0 Å². The minimum absolute atomic E-state index is 0.0215. The number of amides is 1. The molecule has 8 nitrogen and oxygen atoms in total. The lowest BCUT2D eigenvalue weighted by Crippen LogP contribution is -2.36. The van der Waals surface area contributed by atoms with Crippen LogP contribution in [0.1, 0.15) is 10.5 Å². The molecule has 0 saturated carbocycles. The Balaban J connectivity index is 1.82. The third kappa shape index (κ3) is 2.79. The smallest absolute Gasteiger partial charge is 0.281 e. The van der Waals surface area contributed by atoms with Crippen LogP contribution in [0.15, 0.2) is 28.9 Å². The van der Waals surface area contributed by atoms with Crippen LogP contribution in [0.4, 0.5) is 17.2 Å². The number of morpholine rings is 1. The molecule has 21 heavy (non-hydrogen) atoms. The van der Waals surface area contributed by atoms with Crippen molar-refractivity contribution in [1.29, 1.82) is 0 Å². The Hall–Kier alpha value is -2.61. The van der Waals surface area contributed by atoms with E-state index in [1.54, 1.807) is 0 Å². The number of aromatic nitrogens is 2. The standard InChI is InChI=1S/C13H15N5O3/c14-12-11(16-21-17-12)13(19)15-9-3-1-2-4-10(9)18-5-7-20-8-6-18/h1-4H,5-8H2,(H2,14,17)(H,15,19). The Morgan fingerprint density at radius 1 is 1.24 bits per heavy atom. The largest absolute Gasteiger partial charge is 0.379 e. The molecule has 2 heterocycles. The number of nitrogens with two attached hydrogens (primary N) is 1. The van der Waals surface area contributed by atoms with Crippen LogP contribution >= 0.6 is 0 Å². The van der Waals surface area contributed by atoms with E-state index in [0.29, 0.717) is 18.9 Å². The zero-order valence-corrected chi connectivity index (χ0v) is 11.3. The summed E-state index contributed by atoms with van der Waals surface area (Å²) < 4.78 is 9.78. The summed E-state index contributed by atoms with van der Waals surface area (Å²) in [5, 5.41) is 9.68. The normalized spacial score (nSPS) is 15.0. The lowest BCUT2D eigenvalue weighted by atomic mass is 10.2. The molecule has 3 N–H and O–H groups in total. The summed E-state index contributed by atoms with van der Waals surface area (Å²) in [6.45, 7) is 2.89. The first kappa shape index (κ1) is 13.4. The van der Waals surface area contributed by atoms with E-state index in [1.165, 1.54) is 0 Å². The Morgan fingerprint density at radius 3 is 2.71 bits per heavy atom. The number of hydrogen-bond donors (Lipinski definition) is 2. The Kier molecular flexibility index (Phi) is 3.69. The lowest BCUT2D eigenvalue weighted by Gasteiger charge is -2.30. The van der Waals surface area contributed by atoms with Crippen LogP contribution < -0.4 is 16.0 Å². The molecule has 0 atom stereocenters. The van der Waals surface area contributed by atoms with Gasteiger partial charge >= 0.3 is 0 Å². The molecule has 2 aromatic rings. The first-order chi connectivity index (χ1) is 10.3. The highest BCUT2D eigenvalue weighted by molar-refractivity contribution is 6.07. The zero-order valence-electron chi connectivity index (χ0n) is 11.3. The number of nitrogens with one attached hydrogen (secondary N) is 1. The van der Waals surface area contributed by atoms with Gasteiger partial charge in [-0.3, -0.25) is 4.79 Å². The number of ether oxygens (including phenoxy) is 1. The van der Waals surface area contributed by atoms with Gasteiger partial charge in [-0.05, 0) is 22.4 Å². The topological polar surface area (TPSA) is 107 Å². The molecule has 0 radical (unpaired) electrons. The van der Waals surface area contributed by atoms with Crippen molar-refractivity contribution in [1.82, 2.24) is 10.3 Å². The number of hydrogen-bond acceptors (Lipinski definition) is 7. The lowest BCUT2D eigenvalue weighted by molar-refractivity contribution is 0.101. The van der Waals surface area contributed by atoms with Gasteiger partial charge in [-0.15, -0.1) is 0 Å². The molecule has 1 saturated heterocycles. The van der Waals surface area contributed by atoms with Crippen LogP contribution in [-0.2, 0) is 4.74 Å². The van der Waals surface area contributed by atoms with Crippen molar-refractivity contribution >= 4 is 23.1 Å². The summed E-state index contributed by atoms with van der Waals surface area (Å²) in [6.07, 6.45) is 0. The van der Waals surface area contributed by atoms with Gasteiger partial charge in [-0.25, -0.2) is 4.63 Å². The van der Waals surface area contributed by atoms with Crippen LogP contribution in [0, 0.1) is 0 Å². The fraction of sp³-hybridized carbons (Fsp3) is 0.308. The SMILES string of the molecule is Nc1nonc1C(=O)Nc1ccccc1N1CCOCC1. The second kappa shape index (κ2) is 5.80. The van der Waals surface area contributed by atoms with Gasteiger partial charge in [0.1, 0.15) is 0 Å². The Bertz CT molecular complexity index is 636. The van der Waals surface area contributed by atoms with E-state index >= 15 is 0 Å². The molecule has 3 rings (SSSR count). The highest BCUT2D eigenvalue weighted by Gasteiger charge is 2.19. The third-order valence-corrected chi connectivity index (χ3v) is 3.23. The number of para-hydroxylation sites is 2. The van der Waals surface area contributed by atoms with Crippen molar-refractivity contribution in [2.45, 2.75) is 0 Å². The minimum Gasteiger partial charge on any atom is -0.379 e. The van der Waals surface area contributed by atoms with Crippen LogP contribution in [-0.4, -0.2) is 42.5 Å². The summed E-state index contributed by atoms with van der Waals surface area (Å²) in [6, 6.07) is 7.55. The summed E-state index contributed by atoms with van der Waals surface area (Å²) in [7, 11) is 0. The highest BCUT2D eigenvalue weighted by atomic mass is 16.6.